The van der Waals surface area contributed by atoms with Gasteiger partial charge in [0.05, 0.1) is 12.7 Å². The van der Waals surface area contributed by atoms with Gasteiger partial charge in [0.2, 0.25) is 0 Å². The topological polar surface area (TPSA) is 74.3 Å². The summed E-state index contributed by atoms with van der Waals surface area (Å²) in [5.74, 6) is 1.21. The molecule has 0 aliphatic carbocycles. The Balaban J connectivity index is 1.56. The Morgan fingerprint density at radius 3 is 2.43 bits per heavy atom. The fourth-order valence-corrected chi connectivity index (χ4v) is 2.81. The number of methoxy groups -OCH3 is 1. The number of benzene rings is 2. The van der Waals surface area contributed by atoms with Crippen molar-refractivity contribution in [3.63, 3.8) is 0 Å². The van der Waals surface area contributed by atoms with Crippen LogP contribution in [0.25, 0.3) is 0 Å². The van der Waals surface area contributed by atoms with Crippen molar-refractivity contribution in [3.8, 4) is 17.2 Å². The van der Waals surface area contributed by atoms with Gasteiger partial charge in [-0.25, -0.2) is 4.79 Å². The highest BCUT2D eigenvalue weighted by molar-refractivity contribution is 5.91. The molecule has 0 unspecified atom stereocenters. The summed E-state index contributed by atoms with van der Waals surface area (Å²) in [4.78, 5) is 26.2. The Morgan fingerprint density at radius 1 is 1.04 bits per heavy atom. The Morgan fingerprint density at radius 2 is 1.75 bits per heavy atom. The van der Waals surface area contributed by atoms with Gasteiger partial charge < -0.3 is 23.8 Å². The van der Waals surface area contributed by atoms with Gasteiger partial charge in [-0.1, -0.05) is 6.07 Å². The summed E-state index contributed by atoms with van der Waals surface area (Å²) in [5, 5.41) is 0. The zero-order valence-electron chi connectivity index (χ0n) is 16.0. The van der Waals surface area contributed by atoms with Crippen molar-refractivity contribution < 1.29 is 28.5 Å². The molecular weight excluding hydrogens is 362 g/mol. The van der Waals surface area contributed by atoms with Crippen molar-refractivity contribution in [2.45, 2.75) is 13.5 Å². The first-order valence-corrected chi connectivity index (χ1v) is 9.08. The van der Waals surface area contributed by atoms with Crippen molar-refractivity contribution in [2.24, 2.45) is 0 Å². The van der Waals surface area contributed by atoms with E-state index in [0.717, 1.165) is 5.56 Å². The first-order chi connectivity index (χ1) is 13.6. The predicted molar refractivity (Wildman–Crippen MR) is 102 cm³/mol. The molecule has 0 radical (unpaired) electrons. The molecule has 0 bridgehead atoms. The van der Waals surface area contributed by atoms with Crippen molar-refractivity contribution in [2.75, 3.05) is 33.5 Å². The third-order valence-corrected chi connectivity index (χ3v) is 4.37. The molecule has 7 nitrogen and oxygen atoms in total. The van der Waals surface area contributed by atoms with E-state index in [0.29, 0.717) is 49.1 Å². The van der Waals surface area contributed by atoms with E-state index in [1.165, 1.54) is 0 Å². The summed E-state index contributed by atoms with van der Waals surface area (Å²) in [7, 11) is 1.55. The van der Waals surface area contributed by atoms with Crippen LogP contribution in [0, 0.1) is 0 Å². The molecular formula is C21H23NO6. The maximum Gasteiger partial charge on any atom is 0.338 e. The van der Waals surface area contributed by atoms with Crippen LogP contribution in [0.3, 0.4) is 0 Å². The Hall–Kier alpha value is -3.22. The second kappa shape index (κ2) is 9.12. The highest BCUT2D eigenvalue weighted by atomic mass is 16.6. The Bertz CT molecular complexity index is 833. The molecule has 2 aromatic rings. The van der Waals surface area contributed by atoms with Crippen LogP contribution in [0.4, 0.5) is 0 Å². The van der Waals surface area contributed by atoms with Gasteiger partial charge >= 0.3 is 5.97 Å². The van der Waals surface area contributed by atoms with Crippen LogP contribution >= 0.6 is 0 Å². The number of fused-ring (bicyclic) bond motifs is 1. The number of hydrogen-bond donors (Lipinski definition) is 0. The second-order valence-corrected chi connectivity index (χ2v) is 6.19. The highest BCUT2D eigenvalue weighted by Gasteiger charge is 2.18. The molecule has 0 aromatic heterocycles. The van der Waals surface area contributed by atoms with Crippen LogP contribution in [0.15, 0.2) is 42.5 Å². The van der Waals surface area contributed by atoms with Gasteiger partial charge in [0.1, 0.15) is 19.0 Å². The average molecular weight is 385 g/mol. The van der Waals surface area contributed by atoms with E-state index < -0.39 is 5.97 Å². The quantitative estimate of drug-likeness (QED) is 0.682. The van der Waals surface area contributed by atoms with E-state index in [9.17, 15) is 9.59 Å². The number of carbonyl (C=O) groups excluding carboxylic acids is 2. The summed E-state index contributed by atoms with van der Waals surface area (Å²) < 4.78 is 21.3. The first-order valence-electron chi connectivity index (χ1n) is 9.08. The van der Waals surface area contributed by atoms with Crippen LogP contribution in [-0.4, -0.2) is 50.3 Å². The van der Waals surface area contributed by atoms with Crippen LogP contribution in [0.1, 0.15) is 22.8 Å². The molecule has 0 N–H and O–H groups in total. The maximum absolute atomic E-state index is 12.5. The lowest BCUT2D eigenvalue weighted by atomic mass is 10.1. The summed E-state index contributed by atoms with van der Waals surface area (Å²) in [6.45, 7) is 3.49. The number of amides is 1. The average Bonchev–Trinajstić information content (AvgIpc) is 2.75. The zero-order valence-corrected chi connectivity index (χ0v) is 16.0. The third-order valence-electron chi connectivity index (χ3n) is 4.37. The number of ether oxygens (including phenoxy) is 4. The number of rotatable bonds is 7. The second-order valence-electron chi connectivity index (χ2n) is 6.19. The summed E-state index contributed by atoms with van der Waals surface area (Å²) >= 11 is 0. The van der Waals surface area contributed by atoms with Crippen molar-refractivity contribution in [1.29, 1.82) is 0 Å². The molecule has 0 saturated carbocycles. The fourth-order valence-electron chi connectivity index (χ4n) is 2.81. The van der Waals surface area contributed by atoms with Gasteiger partial charge in [0, 0.05) is 13.1 Å². The Labute approximate surface area is 163 Å². The van der Waals surface area contributed by atoms with Gasteiger partial charge in [0.15, 0.2) is 18.1 Å². The third kappa shape index (κ3) is 4.73. The van der Waals surface area contributed by atoms with Gasteiger partial charge in [-0.05, 0) is 48.9 Å². The van der Waals surface area contributed by atoms with Crippen LogP contribution in [0.5, 0.6) is 17.2 Å². The van der Waals surface area contributed by atoms with E-state index in [1.807, 2.05) is 25.1 Å². The van der Waals surface area contributed by atoms with E-state index in [2.05, 4.69) is 0 Å². The standard InChI is InChI=1S/C21H23NO6/c1-3-22(13-15-4-9-18-19(12-15)27-11-10-26-18)20(23)14-28-21(24)16-5-7-17(25-2)8-6-16/h4-9,12H,3,10-11,13-14H2,1-2H3. The SMILES string of the molecule is CCN(Cc1ccc2c(c1)OCCO2)C(=O)COC(=O)c1ccc(OC)cc1. The largest absolute Gasteiger partial charge is 0.497 e. The minimum absolute atomic E-state index is 0.265. The predicted octanol–water partition coefficient (Wildman–Crippen LogP) is 2.67. The lowest BCUT2D eigenvalue weighted by Crippen LogP contribution is -2.34. The molecule has 1 heterocycles. The molecule has 0 saturated heterocycles. The fraction of sp³-hybridized carbons (Fsp3) is 0.333. The minimum atomic E-state index is -0.550. The smallest absolute Gasteiger partial charge is 0.338 e. The molecule has 1 amide bonds. The van der Waals surface area contributed by atoms with Gasteiger partial charge in [-0.15, -0.1) is 0 Å². The molecule has 0 spiro atoms. The molecule has 0 atom stereocenters. The van der Waals surface area contributed by atoms with Crippen molar-refractivity contribution in [1.82, 2.24) is 4.90 Å². The van der Waals surface area contributed by atoms with Crippen molar-refractivity contribution in [3.05, 3.63) is 53.6 Å². The molecule has 148 valence electrons. The molecule has 7 heteroatoms. The van der Waals surface area contributed by atoms with Gasteiger partial charge in [-0.2, -0.15) is 0 Å². The summed E-state index contributed by atoms with van der Waals surface area (Å²) in [6.07, 6.45) is 0. The number of carbonyl (C=O) groups is 2. The molecule has 1 aliphatic rings. The van der Waals surface area contributed by atoms with E-state index in [-0.39, 0.29) is 12.5 Å². The molecule has 2 aromatic carbocycles. The van der Waals surface area contributed by atoms with E-state index >= 15 is 0 Å². The molecule has 3 rings (SSSR count). The molecule has 0 fully saturated rings. The lowest BCUT2D eigenvalue weighted by molar-refractivity contribution is -0.134. The normalized spacial score (nSPS) is 12.2. The summed E-state index contributed by atoms with van der Waals surface area (Å²) in [6, 6.07) is 12.1. The van der Waals surface area contributed by atoms with Crippen molar-refractivity contribution >= 4 is 11.9 Å². The zero-order chi connectivity index (χ0) is 19.9. The van der Waals surface area contributed by atoms with E-state index in [4.69, 9.17) is 18.9 Å². The number of esters is 1. The summed E-state index contributed by atoms with van der Waals surface area (Å²) in [5.41, 5.74) is 1.28. The lowest BCUT2D eigenvalue weighted by Gasteiger charge is -2.23. The maximum atomic E-state index is 12.5. The number of nitrogens with zero attached hydrogens (tertiary/aromatic N) is 1. The van der Waals surface area contributed by atoms with E-state index in [1.54, 1.807) is 36.3 Å². The van der Waals surface area contributed by atoms with Crippen LogP contribution in [-0.2, 0) is 16.1 Å². The van der Waals surface area contributed by atoms with Gasteiger partial charge in [-0.3, -0.25) is 4.79 Å². The monoisotopic (exact) mass is 385 g/mol. The van der Waals surface area contributed by atoms with Crippen LogP contribution in [0.2, 0.25) is 0 Å². The highest BCUT2D eigenvalue weighted by Crippen LogP contribution is 2.31. The molecule has 1 aliphatic heterocycles. The van der Waals surface area contributed by atoms with Gasteiger partial charge in [0.25, 0.3) is 5.91 Å². The minimum Gasteiger partial charge on any atom is -0.497 e. The first kappa shape index (κ1) is 19.5. The molecule has 28 heavy (non-hydrogen) atoms. The Kier molecular flexibility index (Phi) is 6.37. The van der Waals surface area contributed by atoms with Crippen LogP contribution < -0.4 is 14.2 Å². The number of hydrogen-bond acceptors (Lipinski definition) is 6. The number of likely N-dealkylation sites (N-methyl/N-ethyl adjacent to an activating group) is 1.